The second-order valence-electron chi connectivity index (χ2n) is 5.88. The highest BCUT2D eigenvalue weighted by atomic mass is 79.9. The Hall–Kier alpha value is -0.940. The van der Waals surface area contributed by atoms with Gasteiger partial charge in [-0.05, 0) is 32.9 Å². The van der Waals surface area contributed by atoms with Crippen LogP contribution in [0.3, 0.4) is 0 Å². The van der Waals surface area contributed by atoms with Crippen molar-refractivity contribution in [3.8, 4) is 5.75 Å². The van der Waals surface area contributed by atoms with E-state index in [1.165, 1.54) is 4.90 Å². The number of rotatable bonds is 2. The summed E-state index contributed by atoms with van der Waals surface area (Å²) in [5.74, 6) is 0.666. The predicted octanol–water partition coefficient (Wildman–Crippen LogP) is 4.18. The molecule has 1 N–H and O–H groups in total. The minimum atomic E-state index is -0.940. The van der Waals surface area contributed by atoms with Gasteiger partial charge in [-0.25, -0.2) is 4.79 Å². The van der Waals surface area contributed by atoms with E-state index in [9.17, 15) is 9.90 Å². The molecule has 0 aliphatic carbocycles. The first kappa shape index (κ1) is 15.4. The molecule has 0 spiro atoms. The van der Waals surface area contributed by atoms with Crippen LogP contribution in [0.4, 0.5) is 4.79 Å². The van der Waals surface area contributed by atoms with Crippen LogP contribution in [-0.2, 0) is 6.42 Å². The number of carboxylic acid groups (broad SMARTS) is 1. The van der Waals surface area contributed by atoms with Crippen LogP contribution in [0, 0.1) is 0 Å². The van der Waals surface area contributed by atoms with Gasteiger partial charge in [0.05, 0.1) is 11.6 Å². The number of halogens is 2. The molecule has 1 aromatic carbocycles. The lowest BCUT2D eigenvalue weighted by atomic mass is 10.0. The van der Waals surface area contributed by atoms with Crippen LogP contribution in [-0.4, -0.2) is 34.3 Å². The highest BCUT2D eigenvalue weighted by Gasteiger charge is 2.33. The molecule has 0 saturated heterocycles. The third-order valence-corrected chi connectivity index (χ3v) is 3.98. The monoisotopic (exact) mass is 361 g/mol. The van der Waals surface area contributed by atoms with E-state index >= 15 is 0 Å². The van der Waals surface area contributed by atoms with Gasteiger partial charge < -0.3 is 9.84 Å². The molecule has 0 fully saturated rings. The molecule has 20 heavy (non-hydrogen) atoms. The Labute approximate surface area is 131 Å². The second kappa shape index (κ2) is 5.45. The third kappa shape index (κ3) is 3.20. The summed E-state index contributed by atoms with van der Waals surface area (Å²) >= 11 is 9.54. The molecule has 6 heteroatoms. The number of fused-ring (bicyclic) bond motifs is 1. The molecule has 1 amide bonds. The number of hydrogen-bond donors (Lipinski definition) is 1. The summed E-state index contributed by atoms with van der Waals surface area (Å²) in [6, 6.07) is 3.74. The van der Waals surface area contributed by atoms with Crippen LogP contribution in [0.5, 0.6) is 5.75 Å². The summed E-state index contributed by atoms with van der Waals surface area (Å²) in [6.07, 6.45) is -0.481. The van der Waals surface area contributed by atoms with Crippen molar-refractivity contribution >= 4 is 33.6 Å². The van der Waals surface area contributed by atoms with Crippen molar-refractivity contribution in [3.05, 3.63) is 27.2 Å². The van der Waals surface area contributed by atoms with E-state index < -0.39 is 11.6 Å². The summed E-state index contributed by atoms with van der Waals surface area (Å²) < 4.78 is 6.71. The molecule has 110 valence electrons. The lowest BCUT2D eigenvalue weighted by Gasteiger charge is -2.34. The predicted molar refractivity (Wildman–Crippen MR) is 81.8 cm³/mol. The Bertz CT molecular complexity index is 542. The van der Waals surface area contributed by atoms with E-state index in [-0.39, 0.29) is 6.10 Å². The number of benzene rings is 1. The lowest BCUT2D eigenvalue weighted by molar-refractivity contribution is 0.0708. The maximum atomic E-state index is 11.4. The van der Waals surface area contributed by atoms with Gasteiger partial charge in [0.1, 0.15) is 11.9 Å². The van der Waals surface area contributed by atoms with Gasteiger partial charge in [-0.2, -0.15) is 0 Å². The van der Waals surface area contributed by atoms with Crippen molar-refractivity contribution in [3.63, 3.8) is 0 Å². The summed E-state index contributed by atoms with van der Waals surface area (Å²) in [7, 11) is 0. The van der Waals surface area contributed by atoms with Crippen molar-refractivity contribution in [2.75, 3.05) is 6.54 Å². The molecule has 0 radical (unpaired) electrons. The average molecular weight is 363 g/mol. The van der Waals surface area contributed by atoms with Gasteiger partial charge in [-0.1, -0.05) is 27.5 Å². The number of hydrogen-bond acceptors (Lipinski definition) is 2. The summed E-state index contributed by atoms with van der Waals surface area (Å²) in [4.78, 5) is 12.8. The Kier molecular flexibility index (Phi) is 4.21. The highest BCUT2D eigenvalue weighted by molar-refractivity contribution is 9.10. The number of amides is 1. The molecule has 2 rings (SSSR count). The fourth-order valence-electron chi connectivity index (χ4n) is 2.30. The largest absolute Gasteiger partial charge is 0.486 e. The molecule has 0 bridgehead atoms. The maximum Gasteiger partial charge on any atom is 0.407 e. The van der Waals surface area contributed by atoms with Crippen molar-refractivity contribution in [2.45, 2.75) is 38.8 Å². The first-order chi connectivity index (χ1) is 9.18. The van der Waals surface area contributed by atoms with Crippen molar-refractivity contribution < 1.29 is 14.6 Å². The molecule has 1 aromatic rings. The smallest absolute Gasteiger partial charge is 0.407 e. The SMILES string of the molecule is CC(C)(C)N(CC1Cc2cc(Br)cc(Cl)c2O1)C(=O)O. The van der Waals surface area contributed by atoms with Crippen LogP contribution in [0.1, 0.15) is 26.3 Å². The van der Waals surface area contributed by atoms with E-state index in [0.717, 1.165) is 10.0 Å². The fourth-order valence-corrected chi connectivity index (χ4v) is 3.22. The first-order valence-corrected chi connectivity index (χ1v) is 7.50. The molecule has 1 aliphatic rings. The Morgan fingerprint density at radius 3 is 2.75 bits per heavy atom. The summed E-state index contributed by atoms with van der Waals surface area (Å²) in [5.41, 5.74) is 0.544. The van der Waals surface area contributed by atoms with E-state index in [1.807, 2.05) is 26.8 Å². The Balaban J connectivity index is 2.15. The van der Waals surface area contributed by atoms with Gasteiger partial charge in [0.25, 0.3) is 0 Å². The molecular weight excluding hydrogens is 346 g/mol. The highest BCUT2D eigenvalue weighted by Crippen LogP contribution is 2.38. The molecule has 1 aliphatic heterocycles. The average Bonchev–Trinajstić information content (AvgIpc) is 2.66. The molecule has 0 aromatic heterocycles. The van der Waals surface area contributed by atoms with Gasteiger partial charge in [0, 0.05) is 22.0 Å². The standard InChI is InChI=1S/C14H17BrClNO3/c1-14(2,3)17(13(18)19)7-10-5-8-4-9(15)6-11(16)12(8)20-10/h4,6,10H,5,7H2,1-3H3,(H,18,19). The van der Waals surface area contributed by atoms with Crippen LogP contribution in [0.25, 0.3) is 0 Å². The normalized spacial score (nSPS) is 17.6. The summed E-state index contributed by atoms with van der Waals surface area (Å²) in [5, 5.41) is 9.87. The minimum Gasteiger partial charge on any atom is -0.486 e. The number of carbonyl (C=O) groups is 1. The van der Waals surface area contributed by atoms with Gasteiger partial charge in [0.2, 0.25) is 0 Å². The number of ether oxygens (including phenoxy) is 1. The van der Waals surface area contributed by atoms with Crippen LogP contribution < -0.4 is 4.74 Å². The van der Waals surface area contributed by atoms with Gasteiger partial charge in [0.15, 0.2) is 0 Å². The third-order valence-electron chi connectivity index (χ3n) is 3.24. The zero-order valence-corrected chi connectivity index (χ0v) is 14.0. The topological polar surface area (TPSA) is 49.8 Å². The lowest BCUT2D eigenvalue weighted by Crippen LogP contribution is -2.49. The van der Waals surface area contributed by atoms with E-state index in [2.05, 4.69) is 15.9 Å². The molecule has 1 unspecified atom stereocenters. The van der Waals surface area contributed by atoms with Crippen molar-refractivity contribution in [1.29, 1.82) is 0 Å². The van der Waals surface area contributed by atoms with Gasteiger partial charge >= 0.3 is 6.09 Å². The van der Waals surface area contributed by atoms with E-state index in [0.29, 0.717) is 23.7 Å². The molecule has 4 nitrogen and oxygen atoms in total. The van der Waals surface area contributed by atoms with Crippen LogP contribution >= 0.6 is 27.5 Å². The molecular formula is C14H17BrClNO3. The van der Waals surface area contributed by atoms with Crippen molar-refractivity contribution in [1.82, 2.24) is 4.90 Å². The maximum absolute atomic E-state index is 11.4. The Morgan fingerprint density at radius 2 is 2.20 bits per heavy atom. The zero-order chi connectivity index (χ0) is 15.1. The zero-order valence-electron chi connectivity index (χ0n) is 11.6. The van der Waals surface area contributed by atoms with Crippen LogP contribution in [0.2, 0.25) is 5.02 Å². The van der Waals surface area contributed by atoms with Crippen molar-refractivity contribution in [2.24, 2.45) is 0 Å². The Morgan fingerprint density at radius 1 is 1.55 bits per heavy atom. The minimum absolute atomic E-state index is 0.202. The molecule has 0 saturated carbocycles. The fraction of sp³-hybridized carbons (Fsp3) is 0.500. The second-order valence-corrected chi connectivity index (χ2v) is 7.21. The molecule has 1 atom stereocenters. The van der Waals surface area contributed by atoms with Crippen LogP contribution in [0.15, 0.2) is 16.6 Å². The van der Waals surface area contributed by atoms with Gasteiger partial charge in [-0.3, -0.25) is 4.90 Å². The number of nitrogens with zero attached hydrogens (tertiary/aromatic N) is 1. The first-order valence-electron chi connectivity index (χ1n) is 6.33. The quantitative estimate of drug-likeness (QED) is 0.858. The van der Waals surface area contributed by atoms with E-state index in [1.54, 1.807) is 6.07 Å². The van der Waals surface area contributed by atoms with Gasteiger partial charge in [-0.15, -0.1) is 0 Å². The summed E-state index contributed by atoms with van der Waals surface area (Å²) in [6.45, 7) is 5.92. The molecule has 1 heterocycles. The van der Waals surface area contributed by atoms with E-state index in [4.69, 9.17) is 16.3 Å².